The average Bonchev–Trinajstić information content (AvgIpc) is 2.41. The maximum absolute atomic E-state index is 12.1. The number of piperidine rings is 1. The number of likely N-dealkylation sites (tertiary alicyclic amines) is 1. The van der Waals surface area contributed by atoms with Crippen LogP contribution < -0.4 is 11.1 Å². The van der Waals surface area contributed by atoms with E-state index in [0.29, 0.717) is 17.3 Å². The predicted molar refractivity (Wildman–Crippen MR) is 78.1 cm³/mol. The first-order valence-electron chi connectivity index (χ1n) is 7.08. The summed E-state index contributed by atoms with van der Waals surface area (Å²) in [5.74, 6) is -0.0127. The monoisotopic (exact) mass is 261 g/mol. The third-order valence-corrected chi connectivity index (χ3v) is 3.61. The van der Waals surface area contributed by atoms with E-state index < -0.39 is 0 Å². The molecule has 0 bridgehead atoms. The molecule has 1 amide bonds. The Labute approximate surface area is 115 Å². The molecular weight excluding hydrogens is 238 g/mol. The number of benzene rings is 1. The molecule has 4 heteroatoms. The number of nitrogens with two attached hydrogens (primary N) is 1. The third-order valence-electron chi connectivity index (χ3n) is 3.61. The molecule has 0 unspecified atom stereocenters. The van der Waals surface area contributed by atoms with Crippen molar-refractivity contribution in [2.24, 2.45) is 0 Å². The summed E-state index contributed by atoms with van der Waals surface area (Å²) in [6, 6.07) is 7.43. The second-order valence-electron chi connectivity index (χ2n) is 5.21. The molecule has 1 aromatic rings. The van der Waals surface area contributed by atoms with Crippen molar-refractivity contribution in [1.82, 2.24) is 10.2 Å². The number of anilines is 1. The van der Waals surface area contributed by atoms with Crippen molar-refractivity contribution in [2.45, 2.75) is 32.2 Å². The summed E-state index contributed by atoms with van der Waals surface area (Å²) in [5.41, 5.74) is 6.97. The maximum atomic E-state index is 12.1. The number of rotatable bonds is 4. The molecule has 0 aliphatic carbocycles. The molecule has 0 radical (unpaired) electrons. The molecule has 4 nitrogen and oxygen atoms in total. The fraction of sp³-hybridized carbons (Fsp3) is 0.533. The zero-order valence-electron chi connectivity index (χ0n) is 11.6. The largest absolute Gasteiger partial charge is 0.399 e. The molecule has 0 atom stereocenters. The number of carbonyl (C=O) groups is 1. The molecule has 0 aromatic heterocycles. The molecule has 2 rings (SSSR count). The van der Waals surface area contributed by atoms with Gasteiger partial charge < -0.3 is 16.0 Å². The van der Waals surface area contributed by atoms with Crippen LogP contribution in [-0.4, -0.2) is 36.5 Å². The van der Waals surface area contributed by atoms with Crippen LogP contribution in [0.4, 0.5) is 5.69 Å². The summed E-state index contributed by atoms with van der Waals surface area (Å²) in [6.45, 7) is 5.52. The first kappa shape index (κ1) is 13.9. The highest BCUT2D eigenvalue weighted by atomic mass is 16.1. The van der Waals surface area contributed by atoms with Crippen LogP contribution in [0.3, 0.4) is 0 Å². The van der Waals surface area contributed by atoms with Gasteiger partial charge in [0.25, 0.3) is 5.91 Å². The van der Waals surface area contributed by atoms with Gasteiger partial charge in [-0.2, -0.15) is 0 Å². The van der Waals surface area contributed by atoms with Crippen LogP contribution in [0.5, 0.6) is 0 Å². The van der Waals surface area contributed by atoms with Crippen LogP contribution in [0.2, 0.25) is 0 Å². The predicted octanol–water partition coefficient (Wildman–Crippen LogP) is 1.87. The number of nitrogens with zero attached hydrogens (tertiary/aromatic N) is 1. The minimum absolute atomic E-state index is 0.0127. The number of amides is 1. The van der Waals surface area contributed by atoms with Crippen molar-refractivity contribution in [1.29, 1.82) is 0 Å². The molecule has 19 heavy (non-hydrogen) atoms. The van der Waals surface area contributed by atoms with Crippen molar-refractivity contribution in [3.63, 3.8) is 0 Å². The van der Waals surface area contributed by atoms with Gasteiger partial charge in [0.15, 0.2) is 0 Å². The highest BCUT2D eigenvalue weighted by Gasteiger charge is 2.20. The Bertz CT molecular complexity index is 425. The normalized spacial score (nSPS) is 17.3. The summed E-state index contributed by atoms with van der Waals surface area (Å²) in [7, 11) is 0. The molecule has 1 aromatic carbocycles. The Morgan fingerprint density at radius 1 is 1.42 bits per heavy atom. The summed E-state index contributed by atoms with van der Waals surface area (Å²) >= 11 is 0. The van der Waals surface area contributed by atoms with Crippen molar-refractivity contribution in [3.05, 3.63) is 29.8 Å². The topological polar surface area (TPSA) is 58.4 Å². The van der Waals surface area contributed by atoms with E-state index in [0.717, 1.165) is 32.5 Å². The van der Waals surface area contributed by atoms with Gasteiger partial charge in [-0.1, -0.05) is 13.0 Å². The van der Waals surface area contributed by atoms with E-state index in [1.807, 2.05) is 6.07 Å². The maximum Gasteiger partial charge on any atom is 0.251 e. The Morgan fingerprint density at radius 3 is 2.79 bits per heavy atom. The number of nitrogen functional groups attached to an aromatic ring is 1. The average molecular weight is 261 g/mol. The summed E-state index contributed by atoms with van der Waals surface area (Å²) in [5, 5.41) is 3.10. The quantitative estimate of drug-likeness (QED) is 0.814. The second kappa shape index (κ2) is 6.57. The van der Waals surface area contributed by atoms with Crippen molar-refractivity contribution >= 4 is 11.6 Å². The molecule has 1 aliphatic rings. The van der Waals surface area contributed by atoms with Gasteiger partial charge >= 0.3 is 0 Å². The first-order chi connectivity index (χ1) is 9.19. The molecule has 1 saturated heterocycles. The van der Waals surface area contributed by atoms with E-state index in [9.17, 15) is 4.79 Å². The molecule has 3 N–H and O–H groups in total. The summed E-state index contributed by atoms with van der Waals surface area (Å²) in [4.78, 5) is 14.6. The molecule has 0 saturated carbocycles. The lowest BCUT2D eigenvalue weighted by Crippen LogP contribution is -2.44. The standard InChI is InChI=1S/C15H23N3O/c1-2-8-18-9-6-14(7-10-18)17-15(19)12-4-3-5-13(16)11-12/h3-5,11,14H,2,6-10,16H2,1H3,(H,17,19). The third kappa shape index (κ3) is 3.96. The highest BCUT2D eigenvalue weighted by molar-refractivity contribution is 5.95. The molecule has 104 valence electrons. The SMILES string of the molecule is CCCN1CCC(NC(=O)c2cccc(N)c2)CC1. The van der Waals surface area contributed by atoms with Crippen LogP contribution in [0, 0.1) is 0 Å². The Hall–Kier alpha value is -1.55. The minimum Gasteiger partial charge on any atom is -0.399 e. The lowest BCUT2D eigenvalue weighted by molar-refractivity contribution is 0.0911. The van der Waals surface area contributed by atoms with Gasteiger partial charge in [0.2, 0.25) is 0 Å². The fourth-order valence-electron chi connectivity index (χ4n) is 2.57. The van der Waals surface area contributed by atoms with Crippen molar-refractivity contribution < 1.29 is 4.79 Å². The molecule has 1 fully saturated rings. The summed E-state index contributed by atoms with van der Waals surface area (Å²) in [6.07, 6.45) is 3.27. The van der Waals surface area contributed by atoms with E-state index in [2.05, 4.69) is 17.1 Å². The number of hydrogen-bond donors (Lipinski definition) is 2. The Balaban J connectivity index is 1.84. The van der Waals surface area contributed by atoms with Crippen LogP contribution in [-0.2, 0) is 0 Å². The van der Waals surface area contributed by atoms with Gasteiger partial charge in [0.05, 0.1) is 0 Å². The van der Waals surface area contributed by atoms with Crippen LogP contribution >= 0.6 is 0 Å². The Kier molecular flexibility index (Phi) is 4.80. The summed E-state index contributed by atoms with van der Waals surface area (Å²) < 4.78 is 0. The minimum atomic E-state index is -0.0127. The molecule has 1 heterocycles. The number of carbonyl (C=O) groups excluding carboxylic acids is 1. The van der Waals surface area contributed by atoms with Crippen LogP contribution in [0.25, 0.3) is 0 Å². The second-order valence-corrected chi connectivity index (χ2v) is 5.21. The van der Waals surface area contributed by atoms with E-state index in [1.54, 1.807) is 18.2 Å². The van der Waals surface area contributed by atoms with Crippen LogP contribution in [0.1, 0.15) is 36.5 Å². The fourth-order valence-corrected chi connectivity index (χ4v) is 2.57. The van der Waals surface area contributed by atoms with E-state index in [4.69, 9.17) is 5.73 Å². The smallest absolute Gasteiger partial charge is 0.251 e. The zero-order valence-corrected chi connectivity index (χ0v) is 11.6. The lowest BCUT2D eigenvalue weighted by atomic mass is 10.0. The van der Waals surface area contributed by atoms with Crippen molar-refractivity contribution in [2.75, 3.05) is 25.4 Å². The lowest BCUT2D eigenvalue weighted by Gasteiger charge is -2.32. The molecule has 0 spiro atoms. The van der Waals surface area contributed by atoms with E-state index >= 15 is 0 Å². The molecule has 1 aliphatic heterocycles. The van der Waals surface area contributed by atoms with Gasteiger partial charge in [-0.25, -0.2) is 0 Å². The zero-order chi connectivity index (χ0) is 13.7. The Morgan fingerprint density at radius 2 is 2.16 bits per heavy atom. The van der Waals surface area contributed by atoms with Gasteiger partial charge in [0.1, 0.15) is 0 Å². The van der Waals surface area contributed by atoms with Gasteiger partial charge in [0, 0.05) is 30.4 Å². The van der Waals surface area contributed by atoms with Crippen molar-refractivity contribution in [3.8, 4) is 0 Å². The number of hydrogen-bond acceptors (Lipinski definition) is 3. The van der Waals surface area contributed by atoms with Gasteiger partial charge in [-0.15, -0.1) is 0 Å². The highest BCUT2D eigenvalue weighted by Crippen LogP contribution is 2.12. The van der Waals surface area contributed by atoms with Gasteiger partial charge in [-0.05, 0) is 44.0 Å². The van der Waals surface area contributed by atoms with Crippen LogP contribution in [0.15, 0.2) is 24.3 Å². The molecular formula is C15H23N3O. The van der Waals surface area contributed by atoms with E-state index in [1.165, 1.54) is 6.42 Å². The van der Waals surface area contributed by atoms with Gasteiger partial charge in [-0.3, -0.25) is 4.79 Å². The first-order valence-corrected chi connectivity index (χ1v) is 7.08. The van der Waals surface area contributed by atoms with E-state index in [-0.39, 0.29) is 5.91 Å². The number of nitrogens with one attached hydrogen (secondary N) is 1.